The topological polar surface area (TPSA) is 0 Å². The third kappa shape index (κ3) is 4.39. The fourth-order valence-corrected chi connectivity index (χ4v) is 8.41. The van der Waals surface area contributed by atoms with Gasteiger partial charge in [0.05, 0.1) is 0 Å². The second kappa shape index (κ2) is 11.1. The van der Waals surface area contributed by atoms with Crippen molar-refractivity contribution in [2.45, 2.75) is 11.8 Å². The summed E-state index contributed by atoms with van der Waals surface area (Å²) < 4.78 is 2.20. The molecule has 218 valence electrons. The van der Waals surface area contributed by atoms with Crippen LogP contribution in [-0.2, 0) is 0 Å². The molecule has 0 heterocycles. The van der Waals surface area contributed by atoms with Gasteiger partial charge < -0.3 is 0 Å². The predicted octanol–water partition coefficient (Wildman–Crippen LogP) is 12.9. The molecule has 2 atom stereocenters. The van der Waals surface area contributed by atoms with Crippen LogP contribution in [0.5, 0.6) is 0 Å². The first-order valence-electron chi connectivity index (χ1n) is 15.7. The lowest BCUT2D eigenvalue weighted by Crippen LogP contribution is -2.02. The quantitative estimate of drug-likeness (QED) is 0.170. The largest absolute Gasteiger partial charge is 0.0619 e. The Labute approximate surface area is 286 Å². The summed E-state index contributed by atoms with van der Waals surface area (Å²) in [6, 6.07) is 58.4. The van der Waals surface area contributed by atoms with Crippen molar-refractivity contribution in [2.24, 2.45) is 0 Å². The fraction of sp³-hybridized carbons (Fsp3) is 0.0455. The maximum atomic E-state index is 3.65. The van der Waals surface area contributed by atoms with Crippen molar-refractivity contribution >= 4 is 31.9 Å². The van der Waals surface area contributed by atoms with Crippen molar-refractivity contribution in [1.82, 2.24) is 0 Å². The molecule has 2 unspecified atom stereocenters. The van der Waals surface area contributed by atoms with Crippen LogP contribution in [0.2, 0.25) is 0 Å². The number of rotatable bonds is 4. The molecule has 9 rings (SSSR count). The first-order chi connectivity index (χ1) is 22.7. The maximum absolute atomic E-state index is 3.65. The van der Waals surface area contributed by atoms with Crippen molar-refractivity contribution < 1.29 is 0 Å². The van der Waals surface area contributed by atoms with E-state index in [9.17, 15) is 0 Å². The summed E-state index contributed by atoms with van der Waals surface area (Å²) in [5.74, 6) is 0.354. The summed E-state index contributed by atoms with van der Waals surface area (Å²) in [6.07, 6.45) is 0. The smallest absolute Gasteiger partial charge is 0.0358 e. The van der Waals surface area contributed by atoms with Gasteiger partial charge >= 0.3 is 0 Å². The normalized spacial score (nSPS) is 15.6. The van der Waals surface area contributed by atoms with Gasteiger partial charge in [0.2, 0.25) is 0 Å². The third-order valence-corrected chi connectivity index (χ3v) is 10.9. The van der Waals surface area contributed by atoms with Gasteiger partial charge in [-0.2, -0.15) is 0 Å². The van der Waals surface area contributed by atoms with E-state index in [0.717, 1.165) is 8.95 Å². The van der Waals surface area contributed by atoms with Gasteiger partial charge in [0.15, 0.2) is 0 Å². The van der Waals surface area contributed by atoms with Crippen molar-refractivity contribution in [3.05, 3.63) is 200 Å². The van der Waals surface area contributed by atoms with E-state index in [-0.39, 0.29) is 11.8 Å². The number of halogens is 2. The second-order valence-electron chi connectivity index (χ2n) is 12.3. The van der Waals surface area contributed by atoms with E-state index in [4.69, 9.17) is 0 Å². The Kier molecular flexibility index (Phi) is 6.69. The zero-order valence-corrected chi connectivity index (χ0v) is 28.1. The van der Waals surface area contributed by atoms with Crippen LogP contribution in [0.4, 0.5) is 0 Å². The molecule has 7 aromatic carbocycles. The van der Waals surface area contributed by atoms with Crippen LogP contribution in [0.1, 0.15) is 45.2 Å². The Morgan fingerprint density at radius 3 is 1.15 bits per heavy atom. The third-order valence-electron chi connectivity index (χ3n) is 9.80. The highest BCUT2D eigenvalue weighted by atomic mass is 79.9. The molecule has 0 saturated heterocycles. The lowest BCUT2D eigenvalue weighted by Gasteiger charge is -2.20. The molecule has 0 nitrogen and oxygen atoms in total. The maximum Gasteiger partial charge on any atom is 0.0358 e. The average molecular weight is 717 g/mol. The molecule has 2 aliphatic rings. The molecule has 0 amide bonds. The highest BCUT2D eigenvalue weighted by Gasteiger charge is 2.34. The number of benzene rings is 7. The minimum atomic E-state index is 0.177. The molecular formula is C44H28Br2. The molecule has 0 aromatic heterocycles. The average Bonchev–Trinajstić information content (AvgIpc) is 3.63. The Bertz CT molecular complexity index is 2120. The molecule has 0 radical (unpaired) electrons. The van der Waals surface area contributed by atoms with Crippen molar-refractivity contribution in [3.8, 4) is 44.5 Å². The molecule has 0 N–H and O–H groups in total. The summed E-state index contributed by atoms with van der Waals surface area (Å²) in [7, 11) is 0. The van der Waals surface area contributed by atoms with Gasteiger partial charge in [-0.15, -0.1) is 0 Å². The summed E-state index contributed by atoms with van der Waals surface area (Å²) in [5.41, 5.74) is 18.6. The Morgan fingerprint density at radius 1 is 0.326 bits per heavy atom. The summed E-state index contributed by atoms with van der Waals surface area (Å²) in [4.78, 5) is 0. The van der Waals surface area contributed by atoms with Crippen LogP contribution in [0, 0.1) is 0 Å². The standard InChI is InChI=1S/C44H28Br2/c45-31-22-18-27(19-23-31)41-37-12-3-1-10-35(37)39-16-6-14-33(43(39)41)29-8-5-9-30(26-29)34-15-7-17-40-36-11-2-4-13-38(36)42(44(34)40)28-20-24-32(46)25-21-28/h1-26,41-42H. The number of fused-ring (bicyclic) bond motifs is 6. The fourth-order valence-electron chi connectivity index (χ4n) is 7.88. The van der Waals surface area contributed by atoms with Gasteiger partial charge in [-0.3, -0.25) is 0 Å². The first-order valence-corrected chi connectivity index (χ1v) is 17.3. The second-order valence-corrected chi connectivity index (χ2v) is 14.1. The molecule has 2 aliphatic carbocycles. The summed E-state index contributed by atoms with van der Waals surface area (Å²) in [6.45, 7) is 0. The monoisotopic (exact) mass is 714 g/mol. The molecule has 0 spiro atoms. The van der Waals surface area contributed by atoms with E-state index >= 15 is 0 Å². The molecule has 0 aliphatic heterocycles. The zero-order chi connectivity index (χ0) is 30.8. The van der Waals surface area contributed by atoms with E-state index in [1.54, 1.807) is 0 Å². The first kappa shape index (κ1) is 27.8. The minimum Gasteiger partial charge on any atom is -0.0619 e. The molecule has 7 aromatic rings. The Morgan fingerprint density at radius 2 is 0.696 bits per heavy atom. The van der Waals surface area contributed by atoms with Crippen LogP contribution in [-0.4, -0.2) is 0 Å². The molecule has 0 saturated carbocycles. The van der Waals surface area contributed by atoms with E-state index in [0.29, 0.717) is 0 Å². The van der Waals surface area contributed by atoms with E-state index in [1.165, 1.54) is 77.9 Å². The van der Waals surface area contributed by atoms with Crippen LogP contribution >= 0.6 is 31.9 Å². The molecular weight excluding hydrogens is 688 g/mol. The molecule has 0 fully saturated rings. The van der Waals surface area contributed by atoms with Crippen molar-refractivity contribution in [3.63, 3.8) is 0 Å². The van der Waals surface area contributed by atoms with Gasteiger partial charge in [0.1, 0.15) is 0 Å². The van der Waals surface area contributed by atoms with E-state index < -0.39 is 0 Å². The summed E-state index contributed by atoms with van der Waals surface area (Å²) >= 11 is 7.30. The van der Waals surface area contributed by atoms with Crippen LogP contribution in [0.3, 0.4) is 0 Å². The SMILES string of the molecule is Brc1ccc(C2c3ccccc3-c3cccc(-c4cccc(-c5cccc6c5C(c5ccc(Br)cc5)c5ccccc5-6)c4)c32)cc1. The lowest BCUT2D eigenvalue weighted by molar-refractivity contribution is 1.01. The van der Waals surface area contributed by atoms with Crippen LogP contribution in [0.25, 0.3) is 44.5 Å². The van der Waals surface area contributed by atoms with Crippen molar-refractivity contribution in [1.29, 1.82) is 0 Å². The molecule has 46 heavy (non-hydrogen) atoms. The minimum absolute atomic E-state index is 0.177. The lowest BCUT2D eigenvalue weighted by atomic mass is 9.83. The van der Waals surface area contributed by atoms with Crippen LogP contribution < -0.4 is 0 Å². The van der Waals surface area contributed by atoms with Gasteiger partial charge in [-0.1, -0.05) is 159 Å². The van der Waals surface area contributed by atoms with Gasteiger partial charge in [-0.05, 0) is 108 Å². The van der Waals surface area contributed by atoms with Gasteiger partial charge in [0.25, 0.3) is 0 Å². The molecule has 0 bridgehead atoms. The number of hydrogen-bond donors (Lipinski definition) is 0. The number of hydrogen-bond acceptors (Lipinski definition) is 0. The van der Waals surface area contributed by atoms with Gasteiger partial charge in [0, 0.05) is 20.8 Å². The highest BCUT2D eigenvalue weighted by molar-refractivity contribution is 9.10. The van der Waals surface area contributed by atoms with E-state index in [2.05, 4.69) is 190 Å². The Balaban J connectivity index is 1.22. The van der Waals surface area contributed by atoms with E-state index in [1.807, 2.05) is 0 Å². The Hall–Kier alpha value is -4.50. The zero-order valence-electron chi connectivity index (χ0n) is 24.9. The van der Waals surface area contributed by atoms with Crippen molar-refractivity contribution in [2.75, 3.05) is 0 Å². The van der Waals surface area contributed by atoms with Gasteiger partial charge in [-0.25, -0.2) is 0 Å². The summed E-state index contributed by atoms with van der Waals surface area (Å²) in [5, 5.41) is 0. The highest BCUT2D eigenvalue weighted by Crippen LogP contribution is 2.54. The molecule has 2 heteroatoms. The van der Waals surface area contributed by atoms with Crippen LogP contribution in [0.15, 0.2) is 167 Å². The predicted molar refractivity (Wildman–Crippen MR) is 198 cm³/mol.